The first-order chi connectivity index (χ1) is 19.3. The third-order valence-electron chi connectivity index (χ3n) is 8.85. The summed E-state index contributed by atoms with van der Waals surface area (Å²) in [4.78, 5) is 50.3. The Hall–Kier alpha value is -3.14. The summed E-state index contributed by atoms with van der Waals surface area (Å²) < 4.78 is 7.21. The molecule has 0 radical (unpaired) electrons. The van der Waals surface area contributed by atoms with E-state index in [-0.39, 0.29) is 42.9 Å². The maximum Gasteiger partial charge on any atom is 0.407 e. The average molecular weight is 554 g/mol. The molecule has 10 heteroatoms. The van der Waals surface area contributed by atoms with Gasteiger partial charge in [0, 0.05) is 52.0 Å². The summed E-state index contributed by atoms with van der Waals surface area (Å²) >= 11 is 0. The van der Waals surface area contributed by atoms with Gasteiger partial charge in [-0.15, -0.1) is 0 Å². The van der Waals surface area contributed by atoms with E-state index in [4.69, 9.17) is 9.72 Å². The van der Waals surface area contributed by atoms with Gasteiger partial charge in [-0.25, -0.2) is 9.78 Å². The van der Waals surface area contributed by atoms with Crippen LogP contribution in [0.2, 0.25) is 0 Å². The van der Waals surface area contributed by atoms with Crippen molar-refractivity contribution in [3.63, 3.8) is 0 Å². The van der Waals surface area contributed by atoms with Gasteiger partial charge < -0.3 is 29.1 Å². The number of benzene rings is 1. The van der Waals surface area contributed by atoms with Crippen molar-refractivity contribution in [3.05, 3.63) is 30.1 Å². The Morgan fingerprint density at radius 2 is 1.77 bits per heavy atom. The highest BCUT2D eigenvalue weighted by Crippen LogP contribution is 2.39. The molecule has 1 aromatic carbocycles. The smallest absolute Gasteiger partial charge is 0.407 e. The van der Waals surface area contributed by atoms with Crippen molar-refractivity contribution in [2.75, 3.05) is 33.4 Å². The molecule has 0 saturated carbocycles. The molecular formula is C30H43N5O5. The van der Waals surface area contributed by atoms with E-state index in [9.17, 15) is 19.5 Å². The van der Waals surface area contributed by atoms with Gasteiger partial charge in [0.2, 0.25) is 5.91 Å². The molecule has 3 aliphatic heterocycles. The summed E-state index contributed by atoms with van der Waals surface area (Å²) in [7, 11) is 1.68. The normalized spacial score (nSPS) is 24.3. The summed E-state index contributed by atoms with van der Waals surface area (Å²) in [5.41, 5.74) is 1.66. The number of aromatic nitrogens is 2. The molecule has 2 atom stereocenters. The molecule has 2 aromatic rings. The number of imidazole rings is 1. The van der Waals surface area contributed by atoms with Gasteiger partial charge in [-0.1, -0.05) is 26.0 Å². The molecule has 0 unspecified atom stereocenters. The number of piperidine rings is 1. The second-order valence-electron chi connectivity index (χ2n) is 12.1. The lowest BCUT2D eigenvalue weighted by Crippen LogP contribution is -2.57. The summed E-state index contributed by atoms with van der Waals surface area (Å²) in [6.07, 6.45) is 5.26. The lowest BCUT2D eigenvalue weighted by Gasteiger charge is -2.43. The van der Waals surface area contributed by atoms with E-state index in [0.29, 0.717) is 31.9 Å². The lowest BCUT2D eigenvalue weighted by molar-refractivity contribution is -0.139. The third-order valence-corrected chi connectivity index (χ3v) is 8.85. The zero-order valence-corrected chi connectivity index (χ0v) is 24.0. The van der Waals surface area contributed by atoms with Crippen LogP contribution in [-0.4, -0.2) is 98.7 Å². The van der Waals surface area contributed by atoms with Gasteiger partial charge in [0.1, 0.15) is 0 Å². The maximum atomic E-state index is 14.3. The van der Waals surface area contributed by atoms with Crippen LogP contribution in [-0.2, 0) is 16.1 Å². The fourth-order valence-corrected chi connectivity index (χ4v) is 7.02. The van der Waals surface area contributed by atoms with E-state index in [1.54, 1.807) is 12.0 Å². The van der Waals surface area contributed by atoms with Crippen LogP contribution in [0.15, 0.2) is 24.3 Å². The second kappa shape index (κ2) is 12.2. The zero-order valence-electron chi connectivity index (χ0n) is 24.0. The number of aryl methyl sites for hydroxylation is 1. The summed E-state index contributed by atoms with van der Waals surface area (Å²) in [5, 5.41) is 10.0. The summed E-state index contributed by atoms with van der Waals surface area (Å²) in [6, 6.07) is 7.91. The van der Waals surface area contributed by atoms with Crippen molar-refractivity contribution < 1.29 is 24.2 Å². The molecule has 1 aromatic heterocycles. The van der Waals surface area contributed by atoms with Crippen molar-refractivity contribution in [2.45, 2.75) is 83.5 Å². The number of likely N-dealkylation sites (tertiary alicyclic amines) is 1. The Kier molecular flexibility index (Phi) is 8.63. The molecule has 40 heavy (non-hydrogen) atoms. The quantitative estimate of drug-likeness (QED) is 0.444. The van der Waals surface area contributed by atoms with Crippen LogP contribution in [0, 0.1) is 11.8 Å². The largest absolute Gasteiger partial charge is 0.465 e. The molecule has 5 rings (SSSR count). The number of carbonyl (C=O) groups is 3. The number of methoxy groups -OCH3 is 1. The van der Waals surface area contributed by atoms with Crippen molar-refractivity contribution in [1.29, 1.82) is 0 Å². The number of carbonyl (C=O) groups excluding carboxylic acids is 2. The highest BCUT2D eigenvalue weighted by atomic mass is 16.5. The average Bonchev–Trinajstić information content (AvgIpc) is 3.66. The molecule has 2 bridgehead atoms. The minimum Gasteiger partial charge on any atom is -0.465 e. The Morgan fingerprint density at radius 3 is 2.42 bits per heavy atom. The monoisotopic (exact) mass is 553 g/mol. The molecule has 3 aliphatic rings. The third kappa shape index (κ3) is 5.68. The number of fused-ring (bicyclic) bond motifs is 3. The molecule has 10 nitrogen and oxygen atoms in total. The summed E-state index contributed by atoms with van der Waals surface area (Å²) in [6.45, 7) is 6.22. The molecule has 218 valence electrons. The highest BCUT2D eigenvalue weighted by Gasteiger charge is 2.47. The van der Waals surface area contributed by atoms with Crippen LogP contribution >= 0.6 is 0 Å². The molecule has 3 saturated heterocycles. The predicted octanol–water partition coefficient (Wildman–Crippen LogP) is 4.08. The molecule has 3 amide bonds. The number of amides is 3. The minimum absolute atomic E-state index is 0.0586. The molecular weight excluding hydrogens is 510 g/mol. The van der Waals surface area contributed by atoms with Crippen molar-refractivity contribution >= 4 is 28.9 Å². The molecule has 0 aliphatic carbocycles. The van der Waals surface area contributed by atoms with Gasteiger partial charge >= 0.3 is 6.09 Å². The van der Waals surface area contributed by atoms with Gasteiger partial charge in [-0.3, -0.25) is 9.59 Å². The van der Waals surface area contributed by atoms with E-state index in [1.807, 2.05) is 33.7 Å². The van der Waals surface area contributed by atoms with Crippen molar-refractivity contribution in [2.24, 2.45) is 11.8 Å². The number of nitrogens with zero attached hydrogens (tertiary/aromatic N) is 5. The number of para-hydroxylation sites is 2. The van der Waals surface area contributed by atoms with Crippen LogP contribution in [0.5, 0.6) is 0 Å². The number of rotatable bonds is 10. The number of hydrogen-bond acceptors (Lipinski definition) is 5. The Balaban J connectivity index is 1.44. The number of hydrogen-bond donors (Lipinski definition) is 1. The van der Waals surface area contributed by atoms with Gasteiger partial charge in [-0.05, 0) is 63.0 Å². The van der Waals surface area contributed by atoms with Crippen LogP contribution in [0.25, 0.3) is 11.0 Å². The topological polar surface area (TPSA) is 108 Å². The lowest BCUT2D eigenvalue weighted by atomic mass is 9.91. The first-order valence-electron chi connectivity index (χ1n) is 14.8. The zero-order chi connectivity index (χ0) is 28.4. The number of unbranched alkanes of at least 4 members (excludes halogenated alkanes) is 1. The Bertz CT molecular complexity index is 1210. The Labute approximate surface area is 236 Å². The molecule has 0 spiro atoms. The fourth-order valence-electron chi connectivity index (χ4n) is 7.02. The van der Waals surface area contributed by atoms with Gasteiger partial charge in [-0.2, -0.15) is 0 Å². The van der Waals surface area contributed by atoms with E-state index in [0.717, 1.165) is 49.6 Å². The maximum absolute atomic E-state index is 14.3. The van der Waals surface area contributed by atoms with E-state index in [1.165, 1.54) is 4.90 Å². The van der Waals surface area contributed by atoms with Crippen LogP contribution < -0.4 is 0 Å². The SMILES string of the molecule is COCCCCn1c(C(=O)N(CC(C)C)[C@H]2C[C@@H](C(=O)N3C4CCC3CC4)CN(C(=O)O)C2)nc2ccccc21. The molecule has 3 fully saturated rings. The second-order valence-corrected chi connectivity index (χ2v) is 12.1. The van der Waals surface area contributed by atoms with Gasteiger partial charge in [0.05, 0.1) is 23.0 Å². The minimum atomic E-state index is -1.05. The molecule has 4 heterocycles. The first-order valence-corrected chi connectivity index (χ1v) is 14.8. The van der Waals surface area contributed by atoms with Crippen LogP contribution in [0.4, 0.5) is 4.79 Å². The first kappa shape index (κ1) is 28.4. The van der Waals surface area contributed by atoms with Crippen molar-refractivity contribution in [1.82, 2.24) is 24.3 Å². The number of carboxylic acid groups (broad SMARTS) is 1. The van der Waals surface area contributed by atoms with E-state index >= 15 is 0 Å². The van der Waals surface area contributed by atoms with E-state index in [2.05, 4.69) is 13.8 Å². The number of ether oxygens (including phenoxy) is 1. The fraction of sp³-hybridized carbons (Fsp3) is 0.667. The Morgan fingerprint density at radius 1 is 1.07 bits per heavy atom. The van der Waals surface area contributed by atoms with Crippen LogP contribution in [0.3, 0.4) is 0 Å². The van der Waals surface area contributed by atoms with Gasteiger partial charge in [0.15, 0.2) is 5.82 Å². The standard InChI is InChI=1S/C30H43N5O5/c1-20(2)17-34(29(37)27-31-25-8-4-5-9-26(25)33(27)14-6-7-15-40-3)24-16-21(18-32(19-24)30(38)39)28(36)35-22-10-11-23(35)13-12-22/h4-5,8-9,20-24H,6-7,10-19H2,1-3H3,(H,38,39)/t21-,22?,23?,24+/m1/s1. The highest BCUT2D eigenvalue weighted by molar-refractivity contribution is 5.95. The van der Waals surface area contributed by atoms with E-state index < -0.39 is 18.1 Å². The predicted molar refractivity (Wildman–Crippen MR) is 151 cm³/mol. The van der Waals surface area contributed by atoms with Gasteiger partial charge in [0.25, 0.3) is 5.91 Å². The summed E-state index contributed by atoms with van der Waals surface area (Å²) in [5.74, 6) is -0.0737. The van der Waals surface area contributed by atoms with Crippen LogP contribution in [0.1, 0.15) is 69.4 Å². The van der Waals surface area contributed by atoms with Crippen molar-refractivity contribution in [3.8, 4) is 0 Å². The molecule has 1 N–H and O–H groups in total.